The van der Waals surface area contributed by atoms with Gasteiger partial charge >= 0.3 is 10.3 Å². The summed E-state index contributed by atoms with van der Waals surface area (Å²) in [5.74, 6) is 1.28. The van der Waals surface area contributed by atoms with E-state index in [4.69, 9.17) is 19.3 Å². The highest BCUT2D eigenvalue weighted by atomic mass is 32.2. The fraction of sp³-hybridized carbons (Fsp3) is 0.545. The Morgan fingerprint density at radius 3 is 2.76 bits per heavy atom. The van der Waals surface area contributed by atoms with Crippen molar-refractivity contribution in [3.05, 3.63) is 41.7 Å². The van der Waals surface area contributed by atoms with Crippen LogP contribution < -0.4 is 19.9 Å². The lowest BCUT2D eigenvalue weighted by Gasteiger charge is -2.33. The number of fused-ring (bicyclic) bond motifs is 1. The molecule has 0 amide bonds. The normalized spacial score (nSPS) is 26.6. The molecule has 11 nitrogen and oxygen atoms in total. The lowest BCUT2D eigenvalue weighted by atomic mass is 9.85. The third-order valence-electron chi connectivity index (χ3n) is 6.35. The van der Waals surface area contributed by atoms with E-state index in [0.717, 1.165) is 24.2 Å². The Hall–Kier alpha value is -2.51. The molecule has 0 spiro atoms. The molecule has 1 fully saturated rings. The van der Waals surface area contributed by atoms with E-state index in [2.05, 4.69) is 25.5 Å². The predicted molar refractivity (Wildman–Crippen MR) is 123 cm³/mol. The van der Waals surface area contributed by atoms with Crippen molar-refractivity contribution in [2.24, 2.45) is 11.1 Å². The first-order chi connectivity index (χ1) is 16.3. The number of ether oxygens (including phenoxy) is 3. The van der Waals surface area contributed by atoms with Gasteiger partial charge < -0.3 is 24.6 Å². The molecule has 4 rings (SSSR count). The molecule has 12 heteroatoms. The summed E-state index contributed by atoms with van der Waals surface area (Å²) in [5, 5.41) is 18.6. The number of rotatable bonds is 9. The highest BCUT2D eigenvalue weighted by molar-refractivity contribution is 7.84. The van der Waals surface area contributed by atoms with Crippen molar-refractivity contribution in [3.63, 3.8) is 0 Å². The van der Waals surface area contributed by atoms with Gasteiger partial charge in [-0.2, -0.15) is 8.42 Å². The number of aromatic nitrogens is 2. The topological polar surface area (TPSA) is 155 Å². The number of aliphatic hydroxyl groups is 1. The number of nitrogens with two attached hydrogens (primary N) is 1. The SMILES string of the molecule is COc1ccc2c(c1)[C@@H](Nc1cc(O[C@@H]3C[C@@H](COS(N)(=O)=O)[C@@H](O)C3)ncn1)[C@@H](OC)CC2. The molecule has 1 aromatic carbocycles. The summed E-state index contributed by atoms with van der Waals surface area (Å²) in [5.41, 5.74) is 2.32. The lowest BCUT2D eigenvalue weighted by Crippen LogP contribution is -2.32. The van der Waals surface area contributed by atoms with E-state index < -0.39 is 22.3 Å². The van der Waals surface area contributed by atoms with Crippen molar-refractivity contribution in [1.29, 1.82) is 0 Å². The lowest BCUT2D eigenvalue weighted by molar-refractivity contribution is 0.0734. The van der Waals surface area contributed by atoms with E-state index >= 15 is 0 Å². The fourth-order valence-corrected chi connectivity index (χ4v) is 4.99. The smallest absolute Gasteiger partial charge is 0.333 e. The molecule has 2 aliphatic rings. The molecule has 5 atom stereocenters. The Bertz CT molecular complexity index is 1100. The first-order valence-corrected chi connectivity index (χ1v) is 12.5. The first-order valence-electron chi connectivity index (χ1n) is 11.1. The highest BCUT2D eigenvalue weighted by Gasteiger charge is 2.36. The largest absolute Gasteiger partial charge is 0.497 e. The van der Waals surface area contributed by atoms with Gasteiger partial charge in [-0.15, -0.1) is 0 Å². The molecule has 1 saturated carbocycles. The maximum Gasteiger partial charge on any atom is 0.333 e. The van der Waals surface area contributed by atoms with Gasteiger partial charge in [-0.1, -0.05) is 6.07 Å². The number of aliphatic hydroxyl groups excluding tert-OH is 1. The van der Waals surface area contributed by atoms with Crippen LogP contribution in [0.4, 0.5) is 5.82 Å². The third-order valence-corrected chi connectivity index (χ3v) is 6.82. The maximum atomic E-state index is 11.0. The number of nitrogens with zero attached hydrogens (tertiary/aromatic N) is 2. The summed E-state index contributed by atoms with van der Waals surface area (Å²) in [6.07, 6.45) is 2.75. The Labute approximate surface area is 198 Å². The van der Waals surface area contributed by atoms with Crippen LogP contribution in [0, 0.1) is 5.92 Å². The standard InChI is InChI=1S/C22H30N4O7S/c1-30-15-5-3-13-4-6-19(31-2)22(17(13)8-15)26-20-10-21(25-12-24-20)33-16-7-14(18(27)9-16)11-32-34(23,28)29/h3,5,8,10,12,14,16,18-19,22,27H,4,6-7,9,11H2,1-2H3,(H2,23,28,29)(H,24,25,26)/t14-,16+,18-,19-,22+/m0/s1. The fourth-order valence-electron chi connectivity index (χ4n) is 4.63. The van der Waals surface area contributed by atoms with Crippen LogP contribution in [0.2, 0.25) is 0 Å². The molecular weight excluding hydrogens is 464 g/mol. The number of hydrogen-bond donors (Lipinski definition) is 3. The molecule has 0 aliphatic heterocycles. The van der Waals surface area contributed by atoms with Gasteiger partial charge in [0.05, 0.1) is 32.0 Å². The van der Waals surface area contributed by atoms with Crippen LogP contribution in [0.3, 0.4) is 0 Å². The van der Waals surface area contributed by atoms with E-state index in [1.54, 1.807) is 20.3 Å². The minimum Gasteiger partial charge on any atom is -0.497 e. The second kappa shape index (κ2) is 10.4. The summed E-state index contributed by atoms with van der Waals surface area (Å²) < 4.78 is 43.8. The van der Waals surface area contributed by atoms with Gasteiger partial charge in [-0.25, -0.2) is 15.1 Å². The first kappa shape index (κ1) is 24.6. The van der Waals surface area contributed by atoms with E-state index in [0.29, 0.717) is 24.5 Å². The second-order valence-electron chi connectivity index (χ2n) is 8.56. The monoisotopic (exact) mass is 494 g/mol. The van der Waals surface area contributed by atoms with Crippen molar-refractivity contribution in [1.82, 2.24) is 9.97 Å². The quantitative estimate of drug-likeness (QED) is 0.465. The number of aryl methyl sites for hydroxylation is 1. The molecule has 34 heavy (non-hydrogen) atoms. The zero-order chi connectivity index (χ0) is 24.3. The molecule has 186 valence electrons. The van der Waals surface area contributed by atoms with Crippen molar-refractivity contribution in [2.75, 3.05) is 26.1 Å². The van der Waals surface area contributed by atoms with Crippen LogP contribution in [0.15, 0.2) is 30.6 Å². The van der Waals surface area contributed by atoms with Gasteiger partial charge in [0.25, 0.3) is 0 Å². The van der Waals surface area contributed by atoms with Crippen molar-refractivity contribution in [2.45, 2.75) is 50.0 Å². The minimum absolute atomic E-state index is 0.0523. The van der Waals surface area contributed by atoms with Crippen LogP contribution in [-0.2, 0) is 25.6 Å². The molecule has 4 N–H and O–H groups in total. The zero-order valence-electron chi connectivity index (χ0n) is 19.1. The zero-order valence-corrected chi connectivity index (χ0v) is 19.9. The van der Waals surface area contributed by atoms with Gasteiger partial charge in [-0.3, -0.25) is 4.18 Å². The molecule has 0 saturated heterocycles. The third kappa shape index (κ3) is 5.94. The van der Waals surface area contributed by atoms with Crippen LogP contribution in [0.1, 0.15) is 36.4 Å². The van der Waals surface area contributed by atoms with Gasteiger partial charge in [0.2, 0.25) is 5.88 Å². The van der Waals surface area contributed by atoms with Crippen molar-refractivity contribution < 1.29 is 31.9 Å². The summed E-state index contributed by atoms with van der Waals surface area (Å²) >= 11 is 0. The highest BCUT2D eigenvalue weighted by Crippen LogP contribution is 2.36. The summed E-state index contributed by atoms with van der Waals surface area (Å²) in [6.45, 7) is -0.195. The number of anilines is 1. The van der Waals surface area contributed by atoms with Gasteiger partial charge in [0.1, 0.15) is 24.0 Å². The average molecular weight is 495 g/mol. The van der Waals surface area contributed by atoms with Crippen LogP contribution in [-0.4, -0.2) is 62.6 Å². The Morgan fingerprint density at radius 1 is 1.21 bits per heavy atom. The molecule has 2 aromatic rings. The van der Waals surface area contributed by atoms with Gasteiger partial charge in [0.15, 0.2) is 0 Å². The molecule has 0 unspecified atom stereocenters. The van der Waals surface area contributed by atoms with E-state index in [1.807, 2.05) is 12.1 Å². The van der Waals surface area contributed by atoms with E-state index in [9.17, 15) is 13.5 Å². The maximum absolute atomic E-state index is 11.0. The average Bonchev–Trinajstić information content (AvgIpc) is 3.16. The minimum atomic E-state index is -4.06. The van der Waals surface area contributed by atoms with Crippen LogP contribution in [0.5, 0.6) is 11.6 Å². The van der Waals surface area contributed by atoms with E-state index in [-0.39, 0.29) is 24.9 Å². The Kier molecular flexibility index (Phi) is 7.53. The number of methoxy groups -OCH3 is 2. The Morgan fingerprint density at radius 2 is 2.03 bits per heavy atom. The number of benzene rings is 1. The molecule has 0 radical (unpaired) electrons. The summed E-state index contributed by atoms with van der Waals surface area (Å²) in [6, 6.07) is 7.60. The van der Waals surface area contributed by atoms with Gasteiger partial charge in [-0.05, 0) is 42.5 Å². The number of nitrogens with one attached hydrogen (secondary N) is 1. The van der Waals surface area contributed by atoms with Gasteiger partial charge in [0, 0.05) is 25.5 Å². The molecular formula is C22H30N4O7S. The molecule has 2 aliphatic carbocycles. The second-order valence-corrected chi connectivity index (χ2v) is 9.78. The molecule has 1 aromatic heterocycles. The van der Waals surface area contributed by atoms with Crippen LogP contribution >= 0.6 is 0 Å². The van der Waals surface area contributed by atoms with Crippen molar-refractivity contribution >= 4 is 16.1 Å². The van der Waals surface area contributed by atoms with Crippen LogP contribution in [0.25, 0.3) is 0 Å². The predicted octanol–water partition coefficient (Wildman–Crippen LogP) is 1.34. The number of hydrogen-bond acceptors (Lipinski definition) is 10. The van der Waals surface area contributed by atoms with Crippen molar-refractivity contribution in [3.8, 4) is 11.6 Å². The molecule has 1 heterocycles. The van der Waals surface area contributed by atoms with E-state index in [1.165, 1.54) is 11.9 Å². The summed E-state index contributed by atoms with van der Waals surface area (Å²) in [4.78, 5) is 8.53. The molecule has 0 bridgehead atoms. The Balaban J connectivity index is 1.45. The summed E-state index contributed by atoms with van der Waals surface area (Å²) in [7, 11) is -0.728.